The van der Waals surface area contributed by atoms with Gasteiger partial charge in [0.1, 0.15) is 0 Å². The SMILES string of the molecule is CC1C(c2ccc(Cl)cc2)SC(=O)N1C. The molecule has 4 heteroatoms. The van der Waals surface area contributed by atoms with Crippen molar-refractivity contribution in [3.05, 3.63) is 34.9 Å². The van der Waals surface area contributed by atoms with E-state index in [1.807, 2.05) is 31.3 Å². The van der Waals surface area contributed by atoms with Gasteiger partial charge in [0.15, 0.2) is 0 Å². The second kappa shape index (κ2) is 4.06. The minimum atomic E-state index is 0.141. The van der Waals surface area contributed by atoms with Gasteiger partial charge in [0.2, 0.25) is 0 Å². The molecule has 2 rings (SSSR count). The Morgan fingerprint density at radius 2 is 1.93 bits per heavy atom. The molecule has 0 saturated carbocycles. The van der Waals surface area contributed by atoms with Crippen LogP contribution in [0.5, 0.6) is 0 Å². The number of likely N-dealkylation sites (N-methyl/N-ethyl adjacent to an activating group) is 1. The number of carbonyl (C=O) groups is 1. The highest BCUT2D eigenvalue weighted by atomic mass is 35.5. The lowest BCUT2D eigenvalue weighted by Crippen LogP contribution is -2.27. The van der Waals surface area contributed by atoms with E-state index >= 15 is 0 Å². The molecular weight excluding hydrogens is 230 g/mol. The highest BCUT2D eigenvalue weighted by Gasteiger charge is 2.36. The fourth-order valence-corrected chi connectivity index (χ4v) is 3.01. The quantitative estimate of drug-likeness (QED) is 0.749. The maximum atomic E-state index is 11.5. The van der Waals surface area contributed by atoms with E-state index in [2.05, 4.69) is 6.92 Å². The van der Waals surface area contributed by atoms with Gasteiger partial charge in [0, 0.05) is 18.1 Å². The van der Waals surface area contributed by atoms with E-state index in [1.54, 1.807) is 4.90 Å². The van der Waals surface area contributed by atoms with E-state index in [4.69, 9.17) is 11.6 Å². The number of halogens is 1. The van der Waals surface area contributed by atoms with Crippen LogP contribution < -0.4 is 0 Å². The average Bonchev–Trinajstić information content (AvgIpc) is 2.47. The van der Waals surface area contributed by atoms with E-state index in [9.17, 15) is 4.79 Å². The summed E-state index contributed by atoms with van der Waals surface area (Å²) in [4.78, 5) is 13.3. The molecular formula is C11H12ClNOS. The lowest BCUT2D eigenvalue weighted by atomic mass is 10.1. The van der Waals surface area contributed by atoms with E-state index in [0.717, 1.165) is 10.6 Å². The predicted octanol–water partition coefficient (Wildman–Crippen LogP) is 3.57. The first-order chi connectivity index (χ1) is 7.09. The molecule has 0 N–H and O–H groups in total. The third kappa shape index (κ3) is 1.99. The van der Waals surface area contributed by atoms with Gasteiger partial charge in [0.25, 0.3) is 5.24 Å². The first-order valence-corrected chi connectivity index (χ1v) is 6.04. The third-order valence-corrected chi connectivity index (χ3v) is 4.42. The van der Waals surface area contributed by atoms with Crippen LogP contribution in [0.25, 0.3) is 0 Å². The van der Waals surface area contributed by atoms with Gasteiger partial charge in [0.05, 0.1) is 5.25 Å². The van der Waals surface area contributed by atoms with Crippen LogP contribution >= 0.6 is 23.4 Å². The zero-order valence-electron chi connectivity index (χ0n) is 8.61. The summed E-state index contributed by atoms with van der Waals surface area (Å²) in [5.74, 6) is 0. The number of carbonyl (C=O) groups excluding carboxylic acids is 1. The molecule has 1 aromatic rings. The van der Waals surface area contributed by atoms with Crippen molar-refractivity contribution in [2.75, 3.05) is 7.05 Å². The zero-order valence-corrected chi connectivity index (χ0v) is 10.2. The monoisotopic (exact) mass is 241 g/mol. The summed E-state index contributed by atoms with van der Waals surface area (Å²) >= 11 is 7.21. The van der Waals surface area contributed by atoms with Crippen molar-refractivity contribution < 1.29 is 4.79 Å². The van der Waals surface area contributed by atoms with Gasteiger partial charge in [-0.05, 0) is 24.6 Å². The zero-order chi connectivity index (χ0) is 11.0. The molecule has 1 fully saturated rings. The number of hydrogen-bond acceptors (Lipinski definition) is 2. The highest BCUT2D eigenvalue weighted by molar-refractivity contribution is 8.14. The summed E-state index contributed by atoms with van der Waals surface area (Å²) in [6.45, 7) is 2.07. The second-order valence-electron chi connectivity index (χ2n) is 3.71. The number of nitrogens with zero attached hydrogens (tertiary/aromatic N) is 1. The number of benzene rings is 1. The molecule has 1 saturated heterocycles. The first kappa shape index (κ1) is 10.8. The lowest BCUT2D eigenvalue weighted by Gasteiger charge is -2.19. The fourth-order valence-electron chi connectivity index (χ4n) is 1.66. The van der Waals surface area contributed by atoms with Gasteiger partial charge in [-0.2, -0.15) is 0 Å². The summed E-state index contributed by atoms with van der Waals surface area (Å²) in [7, 11) is 1.84. The van der Waals surface area contributed by atoms with Crippen LogP contribution in [0, 0.1) is 0 Å². The fraction of sp³-hybridized carbons (Fsp3) is 0.364. The Hall–Kier alpha value is -0.670. The molecule has 2 nitrogen and oxygen atoms in total. The Morgan fingerprint density at radius 3 is 2.40 bits per heavy atom. The van der Waals surface area contributed by atoms with E-state index < -0.39 is 0 Å². The highest BCUT2D eigenvalue weighted by Crippen LogP contribution is 2.42. The minimum Gasteiger partial charge on any atom is -0.332 e. The van der Waals surface area contributed by atoms with Crippen molar-refractivity contribution in [1.82, 2.24) is 4.90 Å². The third-order valence-electron chi connectivity index (χ3n) is 2.76. The Kier molecular flexibility index (Phi) is 2.94. The summed E-state index contributed by atoms with van der Waals surface area (Å²) in [5.41, 5.74) is 1.16. The van der Waals surface area contributed by atoms with Gasteiger partial charge in [-0.25, -0.2) is 0 Å². The molecule has 80 valence electrons. The van der Waals surface area contributed by atoms with E-state index in [-0.39, 0.29) is 16.5 Å². The molecule has 0 aromatic heterocycles. The van der Waals surface area contributed by atoms with Crippen LogP contribution in [-0.2, 0) is 0 Å². The molecule has 0 aliphatic carbocycles. The Labute approximate surface area is 98.6 Å². The maximum Gasteiger partial charge on any atom is 0.282 e. The normalized spacial score (nSPS) is 26.1. The Balaban J connectivity index is 2.25. The van der Waals surface area contributed by atoms with Crippen molar-refractivity contribution in [3.8, 4) is 0 Å². The van der Waals surface area contributed by atoms with Crippen molar-refractivity contribution in [3.63, 3.8) is 0 Å². The lowest BCUT2D eigenvalue weighted by molar-refractivity contribution is 0.225. The molecule has 1 aromatic carbocycles. The van der Waals surface area contributed by atoms with Crippen LogP contribution in [0.4, 0.5) is 4.79 Å². The number of amides is 1. The van der Waals surface area contributed by atoms with Crippen molar-refractivity contribution in [2.45, 2.75) is 18.2 Å². The van der Waals surface area contributed by atoms with Gasteiger partial charge < -0.3 is 4.90 Å². The van der Waals surface area contributed by atoms with Crippen LogP contribution in [-0.4, -0.2) is 23.2 Å². The largest absolute Gasteiger partial charge is 0.332 e. The second-order valence-corrected chi connectivity index (χ2v) is 5.24. The van der Waals surface area contributed by atoms with Crippen molar-refractivity contribution in [1.29, 1.82) is 0 Å². The van der Waals surface area contributed by atoms with Crippen LogP contribution in [0.15, 0.2) is 24.3 Å². The summed E-state index contributed by atoms with van der Waals surface area (Å²) in [6, 6.07) is 7.95. The molecule has 1 amide bonds. The molecule has 1 aliphatic heterocycles. The summed E-state index contributed by atoms with van der Waals surface area (Å²) in [6.07, 6.45) is 0. The summed E-state index contributed by atoms with van der Waals surface area (Å²) in [5, 5.41) is 1.09. The molecule has 1 aliphatic rings. The summed E-state index contributed by atoms with van der Waals surface area (Å²) < 4.78 is 0. The minimum absolute atomic E-state index is 0.141. The van der Waals surface area contributed by atoms with Crippen LogP contribution in [0.2, 0.25) is 5.02 Å². The van der Waals surface area contributed by atoms with E-state index in [0.29, 0.717) is 0 Å². The molecule has 0 bridgehead atoms. The van der Waals surface area contributed by atoms with Crippen LogP contribution in [0.3, 0.4) is 0 Å². The molecule has 1 heterocycles. The molecule has 2 atom stereocenters. The number of thioether (sulfide) groups is 1. The maximum absolute atomic E-state index is 11.5. The smallest absolute Gasteiger partial charge is 0.282 e. The Bertz CT molecular complexity index is 379. The molecule has 0 spiro atoms. The topological polar surface area (TPSA) is 20.3 Å². The number of hydrogen-bond donors (Lipinski definition) is 0. The standard InChI is InChI=1S/C11H12ClNOS/c1-7-10(15-11(14)13(7)2)8-3-5-9(12)6-4-8/h3-7,10H,1-2H3. The van der Waals surface area contributed by atoms with Crippen molar-refractivity contribution >= 4 is 28.6 Å². The van der Waals surface area contributed by atoms with Gasteiger partial charge >= 0.3 is 0 Å². The van der Waals surface area contributed by atoms with Gasteiger partial charge in [-0.1, -0.05) is 35.5 Å². The molecule has 2 unspecified atom stereocenters. The molecule has 0 radical (unpaired) electrons. The predicted molar refractivity (Wildman–Crippen MR) is 64.4 cm³/mol. The van der Waals surface area contributed by atoms with Crippen molar-refractivity contribution in [2.24, 2.45) is 0 Å². The van der Waals surface area contributed by atoms with Crippen LogP contribution in [0.1, 0.15) is 17.7 Å². The average molecular weight is 242 g/mol. The number of rotatable bonds is 1. The van der Waals surface area contributed by atoms with E-state index in [1.165, 1.54) is 11.8 Å². The molecule has 15 heavy (non-hydrogen) atoms. The Morgan fingerprint density at radius 1 is 1.33 bits per heavy atom. The first-order valence-electron chi connectivity index (χ1n) is 4.78. The van der Waals surface area contributed by atoms with Gasteiger partial charge in [-0.3, -0.25) is 4.79 Å². The van der Waals surface area contributed by atoms with Gasteiger partial charge in [-0.15, -0.1) is 0 Å².